The summed E-state index contributed by atoms with van der Waals surface area (Å²) in [5, 5.41) is 8.91. The van der Waals surface area contributed by atoms with E-state index in [2.05, 4.69) is 9.72 Å². The van der Waals surface area contributed by atoms with E-state index >= 15 is 0 Å². The zero-order chi connectivity index (χ0) is 11.4. The normalized spacial score (nSPS) is 12.1. The van der Waals surface area contributed by atoms with E-state index in [1.165, 1.54) is 5.51 Å². The van der Waals surface area contributed by atoms with Crippen LogP contribution >= 0.6 is 22.9 Å². The molecule has 1 rings (SSSR count). The van der Waals surface area contributed by atoms with E-state index < -0.39 is 17.9 Å². The fourth-order valence-electron chi connectivity index (χ4n) is 0.974. The Morgan fingerprint density at radius 1 is 1.73 bits per heavy atom. The third kappa shape index (κ3) is 2.66. The van der Waals surface area contributed by atoms with Crippen LogP contribution in [0.3, 0.4) is 0 Å². The molecule has 0 spiro atoms. The van der Waals surface area contributed by atoms with Gasteiger partial charge in [0.2, 0.25) is 0 Å². The van der Waals surface area contributed by atoms with Crippen LogP contribution in [0.4, 0.5) is 0 Å². The third-order valence-electron chi connectivity index (χ3n) is 1.58. The van der Waals surface area contributed by atoms with E-state index in [-0.39, 0.29) is 16.6 Å². The number of rotatable bonds is 4. The van der Waals surface area contributed by atoms with Gasteiger partial charge in [0.05, 0.1) is 17.0 Å². The summed E-state index contributed by atoms with van der Waals surface area (Å²) in [7, 11) is 0. The molecule has 1 aromatic heterocycles. The first kappa shape index (κ1) is 11.9. The summed E-state index contributed by atoms with van der Waals surface area (Å²) in [6, 6.07) is 0. The molecule has 0 aliphatic rings. The molecule has 0 saturated carbocycles. The number of carbonyl (C=O) groups excluding carboxylic acids is 1. The summed E-state index contributed by atoms with van der Waals surface area (Å²) in [6.07, 6.45) is 0. The average Bonchev–Trinajstić information content (AvgIpc) is 2.52. The largest absolute Gasteiger partial charge is 0.480 e. The number of ether oxygens (including phenoxy) is 1. The molecule has 0 aliphatic carbocycles. The van der Waals surface area contributed by atoms with E-state index in [4.69, 9.17) is 16.7 Å². The van der Waals surface area contributed by atoms with E-state index in [0.717, 1.165) is 11.3 Å². The summed E-state index contributed by atoms with van der Waals surface area (Å²) < 4.78 is 4.64. The zero-order valence-corrected chi connectivity index (χ0v) is 9.34. The maximum Gasteiger partial charge on any atom is 0.325 e. The number of carboxylic acid groups (broad SMARTS) is 1. The number of hydrogen-bond donors (Lipinski definition) is 1. The molecular weight excluding hydrogens is 242 g/mol. The molecule has 1 atom stereocenters. The average molecular weight is 250 g/mol. The minimum atomic E-state index is -1.38. The number of nitrogens with zero attached hydrogens (tertiary/aromatic N) is 1. The molecular formula is C8H8ClNO4S. The highest BCUT2D eigenvalue weighted by Crippen LogP contribution is 2.28. The van der Waals surface area contributed by atoms with Gasteiger partial charge in [0.1, 0.15) is 5.15 Å². The Hall–Kier alpha value is -1.14. The first-order chi connectivity index (χ1) is 7.07. The molecule has 1 heterocycles. The highest BCUT2D eigenvalue weighted by atomic mass is 35.5. The molecule has 1 unspecified atom stereocenters. The van der Waals surface area contributed by atoms with Crippen molar-refractivity contribution in [2.24, 2.45) is 0 Å². The van der Waals surface area contributed by atoms with Crippen molar-refractivity contribution in [1.29, 1.82) is 0 Å². The number of aliphatic carboxylic acids is 1. The van der Waals surface area contributed by atoms with Crippen LogP contribution in [0, 0.1) is 0 Å². The van der Waals surface area contributed by atoms with Gasteiger partial charge in [0.15, 0.2) is 5.92 Å². The molecule has 15 heavy (non-hydrogen) atoms. The first-order valence-corrected chi connectivity index (χ1v) is 5.32. The second-order valence-electron chi connectivity index (χ2n) is 2.53. The van der Waals surface area contributed by atoms with Gasteiger partial charge < -0.3 is 9.84 Å². The predicted molar refractivity (Wildman–Crippen MR) is 54.1 cm³/mol. The number of hydrogen-bond acceptors (Lipinski definition) is 5. The maximum absolute atomic E-state index is 11.4. The molecule has 82 valence electrons. The molecule has 1 aromatic rings. The lowest BCUT2D eigenvalue weighted by atomic mass is 10.1. The van der Waals surface area contributed by atoms with Crippen molar-refractivity contribution in [2.45, 2.75) is 12.8 Å². The van der Waals surface area contributed by atoms with Crippen LogP contribution in [0.15, 0.2) is 5.51 Å². The molecule has 0 radical (unpaired) electrons. The number of carbonyl (C=O) groups is 2. The smallest absolute Gasteiger partial charge is 0.325 e. The SMILES string of the molecule is CCOC(=O)C(C(=O)O)c1scnc1Cl. The molecule has 0 saturated heterocycles. The Labute approximate surface area is 94.7 Å². The Balaban J connectivity index is 2.99. The van der Waals surface area contributed by atoms with Gasteiger partial charge >= 0.3 is 11.9 Å². The number of thiazole rings is 1. The minimum Gasteiger partial charge on any atom is -0.480 e. The van der Waals surface area contributed by atoms with Crippen molar-refractivity contribution in [2.75, 3.05) is 6.61 Å². The van der Waals surface area contributed by atoms with Gasteiger partial charge in [0.25, 0.3) is 0 Å². The van der Waals surface area contributed by atoms with Crippen LogP contribution in [0.2, 0.25) is 5.15 Å². The third-order valence-corrected chi connectivity index (χ3v) is 2.89. The van der Waals surface area contributed by atoms with E-state index in [0.29, 0.717) is 0 Å². The summed E-state index contributed by atoms with van der Waals surface area (Å²) in [5.74, 6) is -3.50. The molecule has 0 fully saturated rings. The molecule has 7 heteroatoms. The van der Waals surface area contributed by atoms with E-state index in [9.17, 15) is 9.59 Å². The van der Waals surface area contributed by atoms with Gasteiger partial charge in [-0.25, -0.2) is 4.98 Å². The van der Waals surface area contributed by atoms with Crippen LogP contribution in [0.1, 0.15) is 17.7 Å². The van der Waals surface area contributed by atoms with Gasteiger partial charge in [-0.15, -0.1) is 11.3 Å². The first-order valence-electron chi connectivity index (χ1n) is 4.06. The van der Waals surface area contributed by atoms with Crippen LogP contribution < -0.4 is 0 Å². The summed E-state index contributed by atoms with van der Waals surface area (Å²) >= 11 is 6.67. The van der Waals surface area contributed by atoms with Gasteiger partial charge in [0, 0.05) is 0 Å². The molecule has 0 aliphatic heterocycles. The summed E-state index contributed by atoms with van der Waals surface area (Å²) in [5.41, 5.74) is 1.38. The molecule has 0 bridgehead atoms. The number of carboxylic acids is 1. The van der Waals surface area contributed by atoms with Gasteiger partial charge in [-0.2, -0.15) is 0 Å². The van der Waals surface area contributed by atoms with Crippen molar-refractivity contribution in [3.05, 3.63) is 15.5 Å². The Bertz CT molecular complexity index is 378. The molecule has 0 aromatic carbocycles. The number of aromatic nitrogens is 1. The van der Waals surface area contributed by atoms with Crippen LogP contribution in [-0.4, -0.2) is 28.6 Å². The quantitative estimate of drug-likeness (QED) is 0.647. The topological polar surface area (TPSA) is 76.5 Å². The highest BCUT2D eigenvalue weighted by Gasteiger charge is 2.33. The Morgan fingerprint density at radius 3 is 2.80 bits per heavy atom. The van der Waals surface area contributed by atoms with Gasteiger partial charge in [-0.1, -0.05) is 11.6 Å². The van der Waals surface area contributed by atoms with Crippen LogP contribution in [0.5, 0.6) is 0 Å². The molecule has 5 nitrogen and oxygen atoms in total. The standard InChI is InChI=1S/C8H8ClNO4S/c1-2-14-8(13)4(7(11)12)5-6(9)10-3-15-5/h3-4H,2H2,1H3,(H,11,12). The Morgan fingerprint density at radius 2 is 2.40 bits per heavy atom. The molecule has 1 N–H and O–H groups in total. The second-order valence-corrected chi connectivity index (χ2v) is 3.78. The number of esters is 1. The lowest BCUT2D eigenvalue weighted by Gasteiger charge is -2.08. The van der Waals surface area contributed by atoms with E-state index in [1.807, 2.05) is 0 Å². The fourth-order valence-corrected chi connectivity index (χ4v) is 2.08. The van der Waals surface area contributed by atoms with Crippen LogP contribution in [-0.2, 0) is 14.3 Å². The monoisotopic (exact) mass is 249 g/mol. The predicted octanol–water partition coefficient (Wildman–Crippen LogP) is 1.53. The van der Waals surface area contributed by atoms with Crippen LogP contribution in [0.25, 0.3) is 0 Å². The van der Waals surface area contributed by atoms with Crippen molar-refractivity contribution >= 4 is 34.9 Å². The van der Waals surface area contributed by atoms with E-state index in [1.54, 1.807) is 6.92 Å². The van der Waals surface area contributed by atoms with Gasteiger partial charge in [-0.3, -0.25) is 9.59 Å². The van der Waals surface area contributed by atoms with Crippen molar-refractivity contribution in [1.82, 2.24) is 4.98 Å². The zero-order valence-electron chi connectivity index (χ0n) is 7.77. The summed E-state index contributed by atoms with van der Waals surface area (Å²) in [6.45, 7) is 1.73. The van der Waals surface area contributed by atoms with Crippen molar-refractivity contribution in [3.63, 3.8) is 0 Å². The lowest BCUT2D eigenvalue weighted by molar-refractivity contribution is -0.153. The fraction of sp³-hybridized carbons (Fsp3) is 0.375. The summed E-state index contributed by atoms with van der Waals surface area (Å²) in [4.78, 5) is 26.1. The Kier molecular flexibility index (Phi) is 4.05. The number of halogens is 1. The van der Waals surface area contributed by atoms with Crippen molar-refractivity contribution < 1.29 is 19.4 Å². The second kappa shape index (κ2) is 5.09. The minimum absolute atomic E-state index is 0.0282. The highest BCUT2D eigenvalue weighted by molar-refractivity contribution is 7.10. The lowest BCUT2D eigenvalue weighted by Crippen LogP contribution is -2.23. The van der Waals surface area contributed by atoms with Crippen molar-refractivity contribution in [3.8, 4) is 0 Å². The maximum atomic E-state index is 11.4. The molecule has 0 amide bonds. The van der Waals surface area contributed by atoms with Gasteiger partial charge in [-0.05, 0) is 6.92 Å².